The second-order valence-corrected chi connectivity index (χ2v) is 5.55. The van der Waals surface area contributed by atoms with E-state index in [-0.39, 0.29) is 5.54 Å². The molecule has 17 heavy (non-hydrogen) atoms. The molecule has 0 spiro atoms. The summed E-state index contributed by atoms with van der Waals surface area (Å²) in [5, 5.41) is 8.58. The Hall–Kier alpha value is -0.900. The zero-order chi connectivity index (χ0) is 12.5. The summed E-state index contributed by atoms with van der Waals surface area (Å²) in [7, 11) is 0. The van der Waals surface area contributed by atoms with Gasteiger partial charge in [0.15, 0.2) is 5.82 Å². The third kappa shape index (κ3) is 2.37. The van der Waals surface area contributed by atoms with Crippen LogP contribution in [-0.4, -0.2) is 14.8 Å². The highest BCUT2D eigenvalue weighted by Gasteiger charge is 2.31. The number of aryl methyl sites for hydroxylation is 1. The van der Waals surface area contributed by atoms with Gasteiger partial charge in [-0.3, -0.25) is 0 Å². The Morgan fingerprint density at radius 3 is 2.59 bits per heavy atom. The molecule has 0 radical (unpaired) electrons. The summed E-state index contributed by atoms with van der Waals surface area (Å²) in [5.41, 5.74) is 6.06. The van der Waals surface area contributed by atoms with Crippen LogP contribution in [0.25, 0.3) is 0 Å². The largest absolute Gasteiger partial charge is 0.319 e. The molecule has 1 saturated carbocycles. The molecule has 1 unspecified atom stereocenters. The van der Waals surface area contributed by atoms with Crippen LogP contribution in [0.1, 0.15) is 70.1 Å². The number of nitrogens with two attached hydrogens (primary N) is 1. The van der Waals surface area contributed by atoms with Crippen LogP contribution in [0.3, 0.4) is 0 Å². The van der Waals surface area contributed by atoms with Gasteiger partial charge in [-0.05, 0) is 33.1 Å². The predicted octanol–water partition coefficient (Wildman–Crippen LogP) is 2.68. The molecule has 1 aromatic rings. The molecule has 4 nitrogen and oxygen atoms in total. The molecular formula is C13H24N4. The lowest BCUT2D eigenvalue weighted by Gasteiger charge is -2.26. The third-order valence-corrected chi connectivity index (χ3v) is 3.84. The standard InChI is InChI=1S/C13H24N4/c1-4-9-13(3,14)12-16-15-10(2)17(12)11-7-5-6-8-11/h11H,4-9,14H2,1-3H3. The van der Waals surface area contributed by atoms with Crippen molar-refractivity contribution in [2.45, 2.75) is 70.9 Å². The molecule has 0 bridgehead atoms. The number of rotatable bonds is 4. The zero-order valence-corrected chi connectivity index (χ0v) is 11.2. The fourth-order valence-electron chi connectivity index (χ4n) is 2.99. The van der Waals surface area contributed by atoms with Gasteiger partial charge in [-0.1, -0.05) is 26.2 Å². The molecule has 0 aromatic carbocycles. The van der Waals surface area contributed by atoms with Crippen molar-refractivity contribution in [3.05, 3.63) is 11.6 Å². The first-order valence-electron chi connectivity index (χ1n) is 6.77. The highest BCUT2D eigenvalue weighted by Crippen LogP contribution is 2.34. The molecule has 0 amide bonds. The van der Waals surface area contributed by atoms with E-state index in [9.17, 15) is 0 Å². The van der Waals surface area contributed by atoms with Crippen molar-refractivity contribution >= 4 is 0 Å². The first-order chi connectivity index (χ1) is 8.06. The molecule has 1 aliphatic carbocycles. The van der Waals surface area contributed by atoms with E-state index in [1.54, 1.807) is 0 Å². The molecule has 0 aliphatic heterocycles. The van der Waals surface area contributed by atoms with E-state index in [0.717, 1.165) is 24.5 Å². The third-order valence-electron chi connectivity index (χ3n) is 3.84. The van der Waals surface area contributed by atoms with Gasteiger partial charge in [0.25, 0.3) is 0 Å². The summed E-state index contributed by atoms with van der Waals surface area (Å²) in [5.74, 6) is 1.99. The SMILES string of the molecule is CCCC(C)(N)c1nnc(C)n1C1CCCC1. The second-order valence-electron chi connectivity index (χ2n) is 5.55. The minimum absolute atomic E-state index is 0.349. The Labute approximate surface area is 104 Å². The maximum absolute atomic E-state index is 6.41. The molecule has 1 heterocycles. The van der Waals surface area contributed by atoms with E-state index < -0.39 is 0 Å². The van der Waals surface area contributed by atoms with Crippen LogP contribution in [0.4, 0.5) is 0 Å². The molecule has 96 valence electrons. The van der Waals surface area contributed by atoms with Crippen LogP contribution < -0.4 is 5.73 Å². The monoisotopic (exact) mass is 236 g/mol. The Morgan fingerprint density at radius 1 is 1.35 bits per heavy atom. The zero-order valence-electron chi connectivity index (χ0n) is 11.2. The van der Waals surface area contributed by atoms with Crippen LogP contribution in [0.15, 0.2) is 0 Å². The van der Waals surface area contributed by atoms with Crippen LogP contribution in [0.2, 0.25) is 0 Å². The maximum atomic E-state index is 6.41. The lowest BCUT2D eigenvalue weighted by atomic mass is 9.96. The van der Waals surface area contributed by atoms with Gasteiger partial charge in [0, 0.05) is 6.04 Å². The van der Waals surface area contributed by atoms with Crippen molar-refractivity contribution in [2.24, 2.45) is 5.73 Å². The van der Waals surface area contributed by atoms with Gasteiger partial charge in [0.2, 0.25) is 0 Å². The highest BCUT2D eigenvalue weighted by atomic mass is 15.3. The summed E-state index contributed by atoms with van der Waals surface area (Å²) < 4.78 is 2.29. The molecule has 2 N–H and O–H groups in total. The van der Waals surface area contributed by atoms with Crippen molar-refractivity contribution in [2.75, 3.05) is 0 Å². The van der Waals surface area contributed by atoms with Gasteiger partial charge in [0.05, 0.1) is 5.54 Å². The molecule has 4 heteroatoms. The summed E-state index contributed by atoms with van der Waals surface area (Å²) >= 11 is 0. The first kappa shape index (κ1) is 12.6. The van der Waals surface area contributed by atoms with E-state index in [0.29, 0.717) is 6.04 Å². The fourth-order valence-corrected chi connectivity index (χ4v) is 2.99. The van der Waals surface area contributed by atoms with Gasteiger partial charge in [-0.25, -0.2) is 0 Å². The van der Waals surface area contributed by atoms with Crippen LogP contribution in [0.5, 0.6) is 0 Å². The van der Waals surface area contributed by atoms with Gasteiger partial charge in [-0.15, -0.1) is 10.2 Å². The Balaban J connectivity index is 2.34. The van der Waals surface area contributed by atoms with Gasteiger partial charge in [-0.2, -0.15) is 0 Å². The van der Waals surface area contributed by atoms with Gasteiger partial charge < -0.3 is 10.3 Å². The average Bonchev–Trinajstić information content (AvgIpc) is 2.85. The minimum Gasteiger partial charge on any atom is -0.319 e. The lowest BCUT2D eigenvalue weighted by Crippen LogP contribution is -2.37. The van der Waals surface area contributed by atoms with Gasteiger partial charge in [0.1, 0.15) is 5.82 Å². The topological polar surface area (TPSA) is 56.7 Å². The van der Waals surface area contributed by atoms with Crippen molar-refractivity contribution in [1.29, 1.82) is 0 Å². The summed E-state index contributed by atoms with van der Waals surface area (Å²) in [6, 6.07) is 0.569. The lowest BCUT2D eigenvalue weighted by molar-refractivity contribution is 0.371. The smallest absolute Gasteiger partial charge is 0.153 e. The quantitative estimate of drug-likeness (QED) is 0.874. The Morgan fingerprint density at radius 2 is 2.00 bits per heavy atom. The molecular weight excluding hydrogens is 212 g/mol. The van der Waals surface area contributed by atoms with E-state index in [1.165, 1.54) is 25.7 Å². The van der Waals surface area contributed by atoms with Crippen molar-refractivity contribution in [3.63, 3.8) is 0 Å². The van der Waals surface area contributed by atoms with Crippen molar-refractivity contribution < 1.29 is 0 Å². The predicted molar refractivity (Wildman–Crippen MR) is 68.7 cm³/mol. The van der Waals surface area contributed by atoms with Crippen LogP contribution in [0, 0.1) is 6.92 Å². The Bertz CT molecular complexity index is 375. The number of aromatic nitrogens is 3. The molecule has 0 saturated heterocycles. The maximum Gasteiger partial charge on any atom is 0.153 e. The molecule has 1 atom stereocenters. The number of nitrogens with zero attached hydrogens (tertiary/aromatic N) is 3. The molecule has 1 fully saturated rings. The van der Waals surface area contributed by atoms with E-state index in [2.05, 4.69) is 28.6 Å². The van der Waals surface area contributed by atoms with Gasteiger partial charge >= 0.3 is 0 Å². The van der Waals surface area contributed by atoms with E-state index in [1.807, 2.05) is 6.92 Å². The van der Waals surface area contributed by atoms with Crippen LogP contribution in [-0.2, 0) is 5.54 Å². The van der Waals surface area contributed by atoms with Crippen LogP contribution >= 0.6 is 0 Å². The Kier molecular flexibility index (Phi) is 3.52. The number of hydrogen-bond acceptors (Lipinski definition) is 3. The molecule has 1 aromatic heterocycles. The highest BCUT2D eigenvalue weighted by molar-refractivity contribution is 5.08. The fraction of sp³-hybridized carbons (Fsp3) is 0.846. The average molecular weight is 236 g/mol. The summed E-state index contributed by atoms with van der Waals surface area (Å²) in [4.78, 5) is 0. The summed E-state index contributed by atoms with van der Waals surface area (Å²) in [6.45, 7) is 6.27. The van der Waals surface area contributed by atoms with Crippen molar-refractivity contribution in [3.8, 4) is 0 Å². The first-order valence-corrected chi connectivity index (χ1v) is 6.77. The normalized spacial score (nSPS) is 20.7. The number of hydrogen-bond donors (Lipinski definition) is 1. The minimum atomic E-state index is -0.349. The second kappa shape index (κ2) is 4.77. The molecule has 2 rings (SSSR count). The van der Waals surface area contributed by atoms with E-state index >= 15 is 0 Å². The molecule has 1 aliphatic rings. The summed E-state index contributed by atoms with van der Waals surface area (Å²) in [6.07, 6.45) is 7.15. The van der Waals surface area contributed by atoms with E-state index in [4.69, 9.17) is 5.73 Å². The van der Waals surface area contributed by atoms with Crippen molar-refractivity contribution in [1.82, 2.24) is 14.8 Å².